The minimum Gasteiger partial charge on any atom is -0.469 e. The molecule has 3 aromatic rings. The molecule has 0 spiro atoms. The van der Waals surface area contributed by atoms with Crippen LogP contribution in [0.1, 0.15) is 54.4 Å². The van der Waals surface area contributed by atoms with E-state index in [1.807, 2.05) is 35.9 Å². The Morgan fingerprint density at radius 1 is 1.09 bits per heavy atom. The van der Waals surface area contributed by atoms with Crippen molar-refractivity contribution in [2.24, 2.45) is 13.0 Å². The van der Waals surface area contributed by atoms with E-state index in [1.54, 1.807) is 11.3 Å². The van der Waals surface area contributed by atoms with E-state index in [-0.39, 0.29) is 59.1 Å². The molecule has 1 aliphatic heterocycles. The van der Waals surface area contributed by atoms with Gasteiger partial charge in [-0.25, -0.2) is 4.39 Å². The number of benzene rings is 2. The standard InChI is InChI=1S/C32H37ClFN3O6/c1-36-17-26(25-7-3-4-8-30(25)36)31(39)35-29-16-28(34)21(15-27(29)33)14-23(38)19-43-37-13-5-6-22(37)18-42-24-11-9-20(10-12-24)32(40)41-2/h3-4,7-8,15-17,20,22,24H,5-6,9-14,18-19H2,1-2H3,(H,35,39)/t20-,22-,24-/m0/s1. The van der Waals surface area contributed by atoms with E-state index < -0.39 is 11.7 Å². The van der Waals surface area contributed by atoms with Crippen molar-refractivity contribution in [3.63, 3.8) is 0 Å². The molecule has 1 atom stereocenters. The van der Waals surface area contributed by atoms with Gasteiger partial charge in [0.2, 0.25) is 0 Å². The fourth-order valence-electron chi connectivity index (χ4n) is 5.97. The van der Waals surface area contributed by atoms with Gasteiger partial charge in [0, 0.05) is 37.1 Å². The average molecular weight is 614 g/mol. The molecule has 230 valence electrons. The summed E-state index contributed by atoms with van der Waals surface area (Å²) in [6.07, 6.45) is 6.57. The van der Waals surface area contributed by atoms with Crippen LogP contribution in [0.3, 0.4) is 0 Å². The first-order valence-corrected chi connectivity index (χ1v) is 15.0. The van der Waals surface area contributed by atoms with E-state index in [0.717, 1.165) is 55.5 Å². The van der Waals surface area contributed by atoms with Crippen LogP contribution in [0.5, 0.6) is 0 Å². The van der Waals surface area contributed by atoms with Crippen molar-refractivity contribution in [2.45, 2.75) is 57.1 Å². The van der Waals surface area contributed by atoms with Gasteiger partial charge in [-0.05, 0) is 62.3 Å². The number of amides is 1. The highest BCUT2D eigenvalue weighted by atomic mass is 35.5. The maximum Gasteiger partial charge on any atom is 0.308 e. The van der Waals surface area contributed by atoms with Crippen LogP contribution < -0.4 is 5.32 Å². The summed E-state index contributed by atoms with van der Waals surface area (Å²) < 4.78 is 27.8. The Balaban J connectivity index is 1.10. The summed E-state index contributed by atoms with van der Waals surface area (Å²) in [6, 6.07) is 10.0. The van der Waals surface area contributed by atoms with Crippen LogP contribution in [-0.4, -0.2) is 66.3 Å². The van der Waals surface area contributed by atoms with Gasteiger partial charge in [0.25, 0.3) is 5.91 Å². The SMILES string of the molecule is COC(=O)[C@H]1CC[C@H](OC[C@@H]2CCCN2OCC(=O)Cc2cc(Cl)c(NC(=O)c3cn(C)c4ccccc34)cc2F)CC1. The van der Waals surface area contributed by atoms with E-state index in [9.17, 15) is 14.4 Å². The van der Waals surface area contributed by atoms with Gasteiger partial charge in [-0.15, -0.1) is 0 Å². The number of nitrogens with one attached hydrogen (secondary N) is 1. The lowest BCUT2D eigenvalue weighted by atomic mass is 9.87. The number of ether oxygens (including phenoxy) is 2. The lowest BCUT2D eigenvalue weighted by molar-refractivity contribution is -0.186. The van der Waals surface area contributed by atoms with E-state index in [0.29, 0.717) is 18.7 Å². The first kappa shape index (κ1) is 31.1. The summed E-state index contributed by atoms with van der Waals surface area (Å²) in [5.41, 5.74) is 1.60. The van der Waals surface area contributed by atoms with Gasteiger partial charge in [-0.1, -0.05) is 29.8 Å². The molecule has 1 saturated heterocycles. The molecule has 43 heavy (non-hydrogen) atoms. The Morgan fingerprint density at radius 2 is 1.86 bits per heavy atom. The van der Waals surface area contributed by atoms with Crippen molar-refractivity contribution in [1.29, 1.82) is 0 Å². The summed E-state index contributed by atoms with van der Waals surface area (Å²) in [5.74, 6) is -1.55. The minimum absolute atomic E-state index is 0.0296. The molecule has 11 heteroatoms. The number of ketones is 1. The second kappa shape index (κ2) is 14.0. The predicted molar refractivity (Wildman–Crippen MR) is 160 cm³/mol. The number of esters is 1. The molecule has 9 nitrogen and oxygen atoms in total. The van der Waals surface area contributed by atoms with Crippen molar-refractivity contribution in [1.82, 2.24) is 9.63 Å². The Hall–Kier alpha value is -3.31. The largest absolute Gasteiger partial charge is 0.469 e. The van der Waals surface area contributed by atoms with Crippen molar-refractivity contribution in [3.8, 4) is 0 Å². The van der Waals surface area contributed by atoms with Gasteiger partial charge in [0.1, 0.15) is 12.4 Å². The quantitative estimate of drug-likeness (QED) is 0.286. The van der Waals surface area contributed by atoms with E-state index >= 15 is 4.39 Å². The molecule has 2 aliphatic rings. The molecule has 1 amide bonds. The van der Waals surface area contributed by atoms with Gasteiger partial charge < -0.3 is 19.4 Å². The highest BCUT2D eigenvalue weighted by Crippen LogP contribution is 2.30. The summed E-state index contributed by atoms with van der Waals surface area (Å²) in [4.78, 5) is 43.3. The average Bonchev–Trinajstić information content (AvgIpc) is 3.61. The molecule has 0 radical (unpaired) electrons. The number of para-hydroxylation sites is 1. The normalized spacial score (nSPS) is 20.8. The van der Waals surface area contributed by atoms with Crippen molar-refractivity contribution >= 4 is 45.9 Å². The Bertz CT molecular complexity index is 1490. The predicted octanol–water partition coefficient (Wildman–Crippen LogP) is 5.48. The molecule has 1 N–H and O–H groups in total. The second-order valence-electron chi connectivity index (χ2n) is 11.3. The van der Waals surface area contributed by atoms with Crippen LogP contribution in [0, 0.1) is 11.7 Å². The number of halogens is 2. The number of carbonyl (C=O) groups is 3. The number of rotatable bonds is 11. The number of fused-ring (bicyclic) bond motifs is 1. The fraction of sp³-hybridized carbons (Fsp3) is 0.469. The third kappa shape index (κ3) is 7.44. The highest BCUT2D eigenvalue weighted by molar-refractivity contribution is 6.34. The van der Waals surface area contributed by atoms with Gasteiger partial charge in [-0.3, -0.25) is 19.2 Å². The number of Topliss-reactive ketones (excluding diaryl/α,β-unsaturated/α-hetero) is 1. The molecule has 2 aromatic carbocycles. The molecule has 5 rings (SSSR count). The van der Waals surface area contributed by atoms with E-state index in [1.165, 1.54) is 13.2 Å². The van der Waals surface area contributed by atoms with Crippen molar-refractivity contribution < 1.29 is 33.1 Å². The number of hydrogen-bond donors (Lipinski definition) is 1. The first-order chi connectivity index (χ1) is 20.7. The van der Waals surface area contributed by atoms with Crippen LogP contribution in [0.25, 0.3) is 10.9 Å². The summed E-state index contributed by atoms with van der Waals surface area (Å²) in [6.45, 7) is 0.969. The van der Waals surface area contributed by atoms with Crippen LogP contribution in [0.4, 0.5) is 10.1 Å². The molecule has 0 unspecified atom stereocenters. The molecule has 2 fully saturated rings. The Kier molecular flexibility index (Phi) is 10.1. The topological polar surface area (TPSA) is 99.1 Å². The zero-order chi connectivity index (χ0) is 30.5. The zero-order valence-corrected chi connectivity index (χ0v) is 25.2. The molecule has 1 saturated carbocycles. The van der Waals surface area contributed by atoms with Gasteiger partial charge >= 0.3 is 5.97 Å². The molecule has 2 heterocycles. The number of hydrogen-bond acceptors (Lipinski definition) is 7. The zero-order valence-electron chi connectivity index (χ0n) is 24.4. The summed E-state index contributed by atoms with van der Waals surface area (Å²) in [7, 11) is 3.27. The van der Waals surface area contributed by atoms with Gasteiger partial charge in [0.05, 0.1) is 48.1 Å². The molecular weight excluding hydrogens is 577 g/mol. The number of hydroxylamine groups is 2. The van der Waals surface area contributed by atoms with Crippen LogP contribution in [0.15, 0.2) is 42.6 Å². The third-order valence-corrected chi connectivity index (χ3v) is 8.67. The lowest BCUT2D eigenvalue weighted by Gasteiger charge is -2.29. The third-order valence-electron chi connectivity index (χ3n) is 8.36. The number of aromatic nitrogens is 1. The van der Waals surface area contributed by atoms with E-state index in [4.69, 9.17) is 25.9 Å². The Labute approximate surface area is 255 Å². The number of nitrogens with zero attached hydrogens (tertiary/aromatic N) is 2. The lowest BCUT2D eigenvalue weighted by Crippen LogP contribution is -2.37. The number of methoxy groups -OCH3 is 1. The van der Waals surface area contributed by atoms with Crippen LogP contribution in [0.2, 0.25) is 5.02 Å². The maximum absolute atomic E-state index is 15.0. The minimum atomic E-state index is -0.639. The maximum atomic E-state index is 15.0. The molecule has 1 aliphatic carbocycles. The summed E-state index contributed by atoms with van der Waals surface area (Å²) >= 11 is 6.40. The fourth-order valence-corrected chi connectivity index (χ4v) is 6.21. The molecular formula is C32H37ClFN3O6. The first-order valence-electron chi connectivity index (χ1n) is 14.7. The van der Waals surface area contributed by atoms with Crippen LogP contribution >= 0.6 is 11.6 Å². The van der Waals surface area contributed by atoms with Gasteiger partial charge in [0.15, 0.2) is 5.78 Å². The second-order valence-corrected chi connectivity index (χ2v) is 11.7. The molecule has 0 bridgehead atoms. The smallest absolute Gasteiger partial charge is 0.308 e. The van der Waals surface area contributed by atoms with Crippen LogP contribution in [-0.2, 0) is 37.4 Å². The number of anilines is 1. The number of carbonyl (C=O) groups excluding carboxylic acids is 3. The van der Waals surface area contributed by atoms with E-state index in [2.05, 4.69) is 5.32 Å². The van der Waals surface area contributed by atoms with Crippen molar-refractivity contribution in [2.75, 3.05) is 32.2 Å². The Morgan fingerprint density at radius 3 is 2.63 bits per heavy atom. The molecule has 1 aromatic heterocycles. The number of aryl methyl sites for hydroxylation is 1. The van der Waals surface area contributed by atoms with Gasteiger partial charge in [-0.2, -0.15) is 5.06 Å². The monoisotopic (exact) mass is 613 g/mol. The van der Waals surface area contributed by atoms with Crippen molar-refractivity contribution in [3.05, 3.63) is 64.6 Å². The highest BCUT2D eigenvalue weighted by Gasteiger charge is 2.31. The summed E-state index contributed by atoms with van der Waals surface area (Å²) in [5, 5.41) is 5.39.